The Morgan fingerprint density at radius 1 is 1.10 bits per heavy atom. The van der Waals surface area contributed by atoms with E-state index in [9.17, 15) is 9.59 Å². The Morgan fingerprint density at radius 2 is 1.71 bits per heavy atom. The smallest absolute Gasteiger partial charge is 0.306 e. The Morgan fingerprint density at radius 3 is 2.29 bits per heavy atom. The van der Waals surface area contributed by atoms with Crippen molar-refractivity contribution in [2.75, 3.05) is 13.6 Å². The van der Waals surface area contributed by atoms with Gasteiger partial charge in [0.2, 0.25) is 5.91 Å². The van der Waals surface area contributed by atoms with E-state index in [1.807, 2.05) is 51.1 Å². The van der Waals surface area contributed by atoms with Crippen molar-refractivity contribution in [1.29, 1.82) is 0 Å². The Kier molecular flexibility index (Phi) is 6.40. The molecule has 0 radical (unpaired) electrons. The zero-order chi connectivity index (χ0) is 15.9. The van der Waals surface area contributed by atoms with Gasteiger partial charge in [-0.05, 0) is 32.8 Å². The summed E-state index contributed by atoms with van der Waals surface area (Å²) in [5.74, 6) is -0.357. The molecule has 0 aliphatic carbocycles. The average Bonchev–Trinajstić information content (AvgIpc) is 2.41. The van der Waals surface area contributed by atoms with Crippen LogP contribution < -0.4 is 0 Å². The normalized spacial score (nSPS) is 11.0. The molecular formula is C17H25NO3. The summed E-state index contributed by atoms with van der Waals surface area (Å²) in [5.41, 5.74) is 0.698. The molecule has 0 saturated heterocycles. The molecule has 0 spiro atoms. The lowest BCUT2D eigenvalue weighted by Gasteiger charge is -2.20. The highest BCUT2D eigenvalue weighted by Crippen LogP contribution is 2.10. The number of carbonyl (C=O) groups is 2. The third-order valence-corrected chi connectivity index (χ3v) is 2.97. The lowest BCUT2D eigenvalue weighted by molar-refractivity contribution is -0.156. The number of rotatable bonds is 6. The van der Waals surface area contributed by atoms with Crippen LogP contribution in [0.3, 0.4) is 0 Å². The van der Waals surface area contributed by atoms with Crippen LogP contribution in [0, 0.1) is 0 Å². The molecule has 116 valence electrons. The van der Waals surface area contributed by atoms with Gasteiger partial charge in [0.15, 0.2) is 0 Å². The number of likely N-dealkylation sites (N-methyl/N-ethyl adjacent to an activating group) is 1. The van der Waals surface area contributed by atoms with Gasteiger partial charge in [-0.2, -0.15) is 0 Å². The molecule has 1 aromatic rings. The average molecular weight is 291 g/mol. The van der Waals surface area contributed by atoms with E-state index in [0.29, 0.717) is 6.54 Å². The summed E-state index contributed by atoms with van der Waals surface area (Å²) in [5, 5.41) is 0. The molecule has 0 aliphatic rings. The monoisotopic (exact) mass is 291 g/mol. The Hall–Kier alpha value is -1.84. The lowest BCUT2D eigenvalue weighted by atomic mass is 10.1. The summed E-state index contributed by atoms with van der Waals surface area (Å²) in [6.07, 6.45) is 1.14. The zero-order valence-corrected chi connectivity index (χ0v) is 13.4. The molecule has 0 bridgehead atoms. The zero-order valence-electron chi connectivity index (χ0n) is 13.4. The van der Waals surface area contributed by atoms with Gasteiger partial charge in [-0.3, -0.25) is 9.59 Å². The van der Waals surface area contributed by atoms with Crippen molar-refractivity contribution >= 4 is 11.9 Å². The predicted molar refractivity (Wildman–Crippen MR) is 82.9 cm³/mol. The molecule has 4 nitrogen and oxygen atoms in total. The van der Waals surface area contributed by atoms with Crippen LogP contribution in [0.4, 0.5) is 0 Å². The highest BCUT2D eigenvalue weighted by molar-refractivity contribution is 5.81. The SMILES string of the molecule is CN(CCc1ccccc1)C(=O)CCC(=O)OC(C)(C)C. The van der Waals surface area contributed by atoms with Crippen LogP contribution in [0.5, 0.6) is 0 Å². The van der Waals surface area contributed by atoms with Crippen molar-refractivity contribution < 1.29 is 14.3 Å². The number of ether oxygens (including phenoxy) is 1. The maximum atomic E-state index is 12.0. The van der Waals surface area contributed by atoms with Crippen molar-refractivity contribution in [3.8, 4) is 0 Å². The standard InChI is InChI=1S/C17H25NO3/c1-17(2,3)21-16(20)11-10-15(19)18(4)13-12-14-8-6-5-7-9-14/h5-9H,10-13H2,1-4H3. The van der Waals surface area contributed by atoms with Crippen LogP contribution in [0.2, 0.25) is 0 Å². The molecule has 0 saturated carbocycles. The number of carbonyl (C=O) groups excluding carboxylic acids is 2. The quantitative estimate of drug-likeness (QED) is 0.757. The minimum atomic E-state index is -0.501. The van der Waals surface area contributed by atoms with Crippen molar-refractivity contribution in [1.82, 2.24) is 4.90 Å². The lowest BCUT2D eigenvalue weighted by Crippen LogP contribution is -2.30. The van der Waals surface area contributed by atoms with Crippen LogP contribution in [0.25, 0.3) is 0 Å². The summed E-state index contributed by atoms with van der Waals surface area (Å²) in [6, 6.07) is 10.0. The number of esters is 1. The van der Waals surface area contributed by atoms with E-state index in [2.05, 4.69) is 0 Å². The van der Waals surface area contributed by atoms with E-state index in [4.69, 9.17) is 4.74 Å². The summed E-state index contributed by atoms with van der Waals surface area (Å²) in [7, 11) is 1.76. The minimum absolute atomic E-state index is 0.0307. The first-order valence-corrected chi connectivity index (χ1v) is 7.27. The maximum Gasteiger partial charge on any atom is 0.306 e. The van der Waals surface area contributed by atoms with Gasteiger partial charge in [0, 0.05) is 20.0 Å². The van der Waals surface area contributed by atoms with Crippen LogP contribution in [0.1, 0.15) is 39.2 Å². The summed E-state index contributed by atoms with van der Waals surface area (Å²) in [6.45, 7) is 6.10. The molecule has 1 aromatic carbocycles. The minimum Gasteiger partial charge on any atom is -0.460 e. The van der Waals surface area contributed by atoms with Gasteiger partial charge >= 0.3 is 5.97 Å². The summed E-state index contributed by atoms with van der Waals surface area (Å²) >= 11 is 0. The first-order valence-electron chi connectivity index (χ1n) is 7.27. The van der Waals surface area contributed by atoms with E-state index >= 15 is 0 Å². The Bertz CT molecular complexity index is 463. The molecule has 0 atom stereocenters. The van der Waals surface area contributed by atoms with Gasteiger partial charge in [0.05, 0.1) is 6.42 Å². The Balaban J connectivity index is 2.30. The second-order valence-corrected chi connectivity index (χ2v) is 6.14. The second kappa shape index (κ2) is 7.81. The van der Waals surface area contributed by atoms with Crippen LogP contribution in [0.15, 0.2) is 30.3 Å². The molecular weight excluding hydrogens is 266 g/mol. The highest BCUT2D eigenvalue weighted by Gasteiger charge is 2.18. The van der Waals surface area contributed by atoms with Crippen LogP contribution in [-0.2, 0) is 20.7 Å². The predicted octanol–water partition coefficient (Wildman–Crippen LogP) is 2.81. The fourth-order valence-corrected chi connectivity index (χ4v) is 1.86. The van der Waals surface area contributed by atoms with Crippen molar-refractivity contribution in [3.63, 3.8) is 0 Å². The van der Waals surface area contributed by atoms with E-state index < -0.39 is 5.60 Å². The molecule has 21 heavy (non-hydrogen) atoms. The van der Waals surface area contributed by atoms with Crippen LogP contribution in [-0.4, -0.2) is 36.0 Å². The fraction of sp³-hybridized carbons (Fsp3) is 0.529. The van der Waals surface area contributed by atoms with E-state index in [-0.39, 0.29) is 24.7 Å². The second-order valence-electron chi connectivity index (χ2n) is 6.14. The van der Waals surface area contributed by atoms with E-state index in [1.54, 1.807) is 11.9 Å². The van der Waals surface area contributed by atoms with Gasteiger partial charge in [-0.15, -0.1) is 0 Å². The third kappa shape index (κ3) is 7.49. The summed E-state index contributed by atoms with van der Waals surface area (Å²) in [4.78, 5) is 25.2. The molecule has 0 N–H and O–H groups in total. The Labute approximate surface area is 127 Å². The molecule has 1 amide bonds. The van der Waals surface area contributed by atoms with Crippen molar-refractivity contribution in [2.45, 2.75) is 45.6 Å². The first kappa shape index (κ1) is 17.2. The topological polar surface area (TPSA) is 46.6 Å². The van der Waals surface area contributed by atoms with E-state index in [0.717, 1.165) is 6.42 Å². The molecule has 0 unspecified atom stereocenters. The number of amides is 1. The van der Waals surface area contributed by atoms with Crippen molar-refractivity contribution in [2.24, 2.45) is 0 Å². The highest BCUT2D eigenvalue weighted by atomic mass is 16.6. The largest absolute Gasteiger partial charge is 0.460 e. The molecule has 0 heterocycles. The van der Waals surface area contributed by atoms with E-state index in [1.165, 1.54) is 5.56 Å². The number of hydrogen-bond acceptors (Lipinski definition) is 3. The molecule has 0 aliphatic heterocycles. The van der Waals surface area contributed by atoms with Gasteiger partial charge in [0.25, 0.3) is 0 Å². The molecule has 0 aromatic heterocycles. The number of hydrogen-bond donors (Lipinski definition) is 0. The van der Waals surface area contributed by atoms with Crippen molar-refractivity contribution in [3.05, 3.63) is 35.9 Å². The summed E-state index contributed by atoms with van der Waals surface area (Å²) < 4.78 is 5.19. The number of nitrogens with zero attached hydrogens (tertiary/aromatic N) is 1. The maximum absolute atomic E-state index is 12.0. The molecule has 1 rings (SSSR count). The van der Waals surface area contributed by atoms with Crippen LogP contribution >= 0.6 is 0 Å². The number of benzene rings is 1. The van der Waals surface area contributed by atoms with Gasteiger partial charge in [-0.25, -0.2) is 0 Å². The molecule has 4 heteroatoms. The first-order chi connectivity index (χ1) is 9.78. The van der Waals surface area contributed by atoms with Gasteiger partial charge in [0.1, 0.15) is 5.60 Å². The third-order valence-electron chi connectivity index (χ3n) is 2.97. The molecule has 0 fully saturated rings. The van der Waals surface area contributed by atoms with Gasteiger partial charge in [-0.1, -0.05) is 30.3 Å². The fourth-order valence-electron chi connectivity index (χ4n) is 1.86. The van der Waals surface area contributed by atoms with Gasteiger partial charge < -0.3 is 9.64 Å².